The molecule has 0 saturated carbocycles. The molecule has 2 aromatic rings. The van der Waals surface area contributed by atoms with Gasteiger partial charge in [0.25, 0.3) is 0 Å². The van der Waals surface area contributed by atoms with Gasteiger partial charge < -0.3 is 10.2 Å². The van der Waals surface area contributed by atoms with Crippen LogP contribution < -0.4 is 5.32 Å². The zero-order valence-electron chi connectivity index (χ0n) is 12.2. The number of hydrogen-bond donors (Lipinski definition) is 1. The van der Waals surface area contributed by atoms with Crippen molar-refractivity contribution in [2.24, 2.45) is 0 Å². The normalized spacial score (nSPS) is 15.6. The first-order valence-electron chi connectivity index (χ1n) is 6.96. The SMILES string of the molecule is CC(CN(C)C)Nc1ncnc2ccc3c(c12)CCS3. The maximum atomic E-state index is 4.48. The van der Waals surface area contributed by atoms with Crippen LogP contribution in [-0.2, 0) is 6.42 Å². The van der Waals surface area contributed by atoms with Crippen molar-refractivity contribution < 1.29 is 0 Å². The molecular formula is C15H20N4S. The Morgan fingerprint density at radius 3 is 3.00 bits per heavy atom. The molecule has 3 rings (SSSR count). The summed E-state index contributed by atoms with van der Waals surface area (Å²) in [7, 11) is 4.18. The number of hydrogen-bond acceptors (Lipinski definition) is 5. The second-order valence-electron chi connectivity index (χ2n) is 5.56. The number of nitrogens with zero attached hydrogens (tertiary/aromatic N) is 3. The van der Waals surface area contributed by atoms with Crippen molar-refractivity contribution in [2.75, 3.05) is 31.7 Å². The van der Waals surface area contributed by atoms with Gasteiger partial charge in [-0.2, -0.15) is 0 Å². The number of likely N-dealkylation sites (N-methyl/N-ethyl adjacent to an activating group) is 1. The quantitative estimate of drug-likeness (QED) is 0.936. The highest BCUT2D eigenvalue weighted by Gasteiger charge is 2.18. The van der Waals surface area contributed by atoms with Crippen LogP contribution in [0.4, 0.5) is 5.82 Å². The predicted molar refractivity (Wildman–Crippen MR) is 85.6 cm³/mol. The van der Waals surface area contributed by atoms with Gasteiger partial charge in [0.2, 0.25) is 0 Å². The number of fused-ring (bicyclic) bond motifs is 3. The van der Waals surface area contributed by atoms with Crippen LogP contribution >= 0.6 is 11.8 Å². The highest BCUT2D eigenvalue weighted by molar-refractivity contribution is 7.99. The maximum absolute atomic E-state index is 4.48. The van der Waals surface area contributed by atoms with Crippen LogP contribution in [0.2, 0.25) is 0 Å². The van der Waals surface area contributed by atoms with Crippen LogP contribution in [0, 0.1) is 0 Å². The standard InChI is InChI=1S/C15H20N4S/c1-10(8-19(2)3)18-15-14-11-6-7-20-13(11)5-4-12(14)16-9-17-15/h4-5,9-10H,6-8H2,1-3H3,(H,16,17,18). The molecule has 0 saturated heterocycles. The molecule has 4 nitrogen and oxygen atoms in total. The lowest BCUT2D eigenvalue weighted by Crippen LogP contribution is -2.30. The monoisotopic (exact) mass is 288 g/mol. The van der Waals surface area contributed by atoms with E-state index in [1.807, 2.05) is 11.8 Å². The van der Waals surface area contributed by atoms with Gasteiger partial charge in [-0.3, -0.25) is 0 Å². The minimum atomic E-state index is 0.355. The lowest BCUT2D eigenvalue weighted by molar-refractivity contribution is 0.392. The Bertz CT molecular complexity index is 627. The van der Waals surface area contributed by atoms with E-state index in [1.165, 1.54) is 15.8 Å². The second-order valence-corrected chi connectivity index (χ2v) is 6.70. The minimum absolute atomic E-state index is 0.355. The molecule has 1 aliphatic heterocycles. The van der Waals surface area contributed by atoms with Crippen molar-refractivity contribution in [3.63, 3.8) is 0 Å². The van der Waals surface area contributed by atoms with Gasteiger partial charge in [0.1, 0.15) is 12.1 Å². The summed E-state index contributed by atoms with van der Waals surface area (Å²) in [5.41, 5.74) is 2.45. The average Bonchev–Trinajstić information content (AvgIpc) is 2.86. The second kappa shape index (κ2) is 5.58. The third kappa shape index (κ3) is 2.60. The van der Waals surface area contributed by atoms with Crippen molar-refractivity contribution in [1.29, 1.82) is 0 Å². The summed E-state index contributed by atoms with van der Waals surface area (Å²) in [5, 5.41) is 4.75. The van der Waals surface area contributed by atoms with Crippen molar-refractivity contribution in [2.45, 2.75) is 24.3 Å². The highest BCUT2D eigenvalue weighted by Crippen LogP contribution is 2.38. The first-order chi connectivity index (χ1) is 9.65. The Hall–Kier alpha value is -1.33. The first kappa shape index (κ1) is 13.6. The fourth-order valence-corrected chi connectivity index (χ4v) is 3.85. The molecule has 5 heteroatoms. The van der Waals surface area contributed by atoms with Crippen LogP contribution in [0.15, 0.2) is 23.4 Å². The van der Waals surface area contributed by atoms with Crippen molar-refractivity contribution in [1.82, 2.24) is 14.9 Å². The molecule has 1 aromatic carbocycles. The third-order valence-electron chi connectivity index (χ3n) is 3.50. The molecule has 1 aliphatic rings. The number of thioether (sulfide) groups is 1. The molecule has 0 aliphatic carbocycles. The number of rotatable bonds is 4. The zero-order valence-corrected chi connectivity index (χ0v) is 13.0. The molecule has 1 N–H and O–H groups in total. The molecule has 106 valence electrons. The maximum Gasteiger partial charge on any atom is 0.137 e. The van der Waals surface area contributed by atoms with E-state index in [0.29, 0.717) is 6.04 Å². The summed E-state index contributed by atoms with van der Waals surface area (Å²) in [6.07, 6.45) is 2.77. The van der Waals surface area contributed by atoms with Gasteiger partial charge in [0, 0.05) is 28.6 Å². The van der Waals surface area contributed by atoms with Gasteiger partial charge in [0.05, 0.1) is 5.52 Å². The number of anilines is 1. The lowest BCUT2D eigenvalue weighted by atomic mass is 10.1. The third-order valence-corrected chi connectivity index (χ3v) is 4.60. The van der Waals surface area contributed by atoms with E-state index < -0.39 is 0 Å². The Kier molecular flexibility index (Phi) is 3.81. The zero-order chi connectivity index (χ0) is 14.1. The molecule has 0 bridgehead atoms. The molecule has 1 unspecified atom stereocenters. The summed E-state index contributed by atoms with van der Waals surface area (Å²) in [5.74, 6) is 2.14. The molecule has 1 atom stereocenters. The molecular weight excluding hydrogens is 268 g/mol. The summed E-state index contributed by atoms with van der Waals surface area (Å²) < 4.78 is 0. The Morgan fingerprint density at radius 1 is 1.35 bits per heavy atom. The highest BCUT2D eigenvalue weighted by atomic mass is 32.2. The van der Waals surface area contributed by atoms with Crippen molar-refractivity contribution in [3.8, 4) is 0 Å². The van der Waals surface area contributed by atoms with Gasteiger partial charge in [-0.05, 0) is 45.1 Å². The Labute approximate surface area is 124 Å². The number of benzene rings is 1. The molecule has 0 radical (unpaired) electrons. The Morgan fingerprint density at radius 2 is 2.20 bits per heavy atom. The minimum Gasteiger partial charge on any atom is -0.366 e. The van der Waals surface area contributed by atoms with Gasteiger partial charge in [0.15, 0.2) is 0 Å². The van der Waals surface area contributed by atoms with Crippen LogP contribution in [0.5, 0.6) is 0 Å². The summed E-state index contributed by atoms with van der Waals surface area (Å²) in [6.45, 7) is 3.17. The van der Waals surface area contributed by atoms with Crippen LogP contribution in [0.25, 0.3) is 10.9 Å². The lowest BCUT2D eigenvalue weighted by Gasteiger charge is -2.20. The fourth-order valence-electron chi connectivity index (χ4n) is 2.78. The van der Waals surface area contributed by atoms with E-state index in [4.69, 9.17) is 0 Å². The Balaban J connectivity index is 2.00. The molecule has 20 heavy (non-hydrogen) atoms. The fraction of sp³-hybridized carbons (Fsp3) is 0.467. The van der Waals surface area contributed by atoms with Gasteiger partial charge in [-0.1, -0.05) is 0 Å². The van der Waals surface area contributed by atoms with Crippen LogP contribution in [0.1, 0.15) is 12.5 Å². The molecule has 0 fully saturated rings. The van der Waals surface area contributed by atoms with Crippen molar-refractivity contribution >= 4 is 28.5 Å². The smallest absolute Gasteiger partial charge is 0.137 e. The number of aryl methyl sites for hydroxylation is 1. The van der Waals surface area contributed by atoms with E-state index in [9.17, 15) is 0 Å². The predicted octanol–water partition coefficient (Wildman–Crippen LogP) is 2.64. The van der Waals surface area contributed by atoms with E-state index in [1.54, 1.807) is 6.33 Å². The summed E-state index contributed by atoms with van der Waals surface area (Å²) in [6, 6.07) is 4.65. The van der Waals surface area contributed by atoms with Gasteiger partial charge in [-0.15, -0.1) is 11.8 Å². The van der Waals surface area contributed by atoms with Crippen LogP contribution in [-0.4, -0.2) is 47.3 Å². The topological polar surface area (TPSA) is 41.0 Å². The molecule has 2 heterocycles. The van der Waals surface area contributed by atoms with Gasteiger partial charge in [-0.25, -0.2) is 9.97 Å². The molecule has 0 amide bonds. The van der Waals surface area contributed by atoms with E-state index in [-0.39, 0.29) is 0 Å². The summed E-state index contributed by atoms with van der Waals surface area (Å²) in [4.78, 5) is 12.5. The van der Waals surface area contributed by atoms with Crippen molar-refractivity contribution in [3.05, 3.63) is 24.0 Å². The number of aromatic nitrogens is 2. The largest absolute Gasteiger partial charge is 0.366 e. The average molecular weight is 288 g/mol. The van der Waals surface area contributed by atoms with E-state index >= 15 is 0 Å². The van der Waals surface area contributed by atoms with E-state index in [0.717, 1.165) is 30.1 Å². The molecule has 1 aromatic heterocycles. The first-order valence-corrected chi connectivity index (χ1v) is 7.94. The van der Waals surface area contributed by atoms with Gasteiger partial charge >= 0.3 is 0 Å². The summed E-state index contributed by atoms with van der Waals surface area (Å²) >= 11 is 1.93. The molecule has 0 spiro atoms. The van der Waals surface area contributed by atoms with E-state index in [2.05, 4.69) is 53.3 Å². The van der Waals surface area contributed by atoms with Crippen LogP contribution in [0.3, 0.4) is 0 Å². The number of nitrogens with one attached hydrogen (secondary N) is 1.